The molecular weight excluding hydrogens is 458 g/mol. The third kappa shape index (κ3) is 4.47. The lowest BCUT2D eigenvalue weighted by Gasteiger charge is -2.11. The molecule has 2 heterocycles. The van der Waals surface area contributed by atoms with Crippen molar-refractivity contribution in [3.8, 4) is 23.3 Å². The molecule has 0 fully saturated rings. The third-order valence-corrected chi connectivity index (χ3v) is 5.79. The number of rotatable bonds is 6. The van der Waals surface area contributed by atoms with E-state index in [9.17, 15) is 20.0 Å². The van der Waals surface area contributed by atoms with Gasteiger partial charge in [-0.05, 0) is 67.4 Å². The Morgan fingerprint density at radius 2 is 1.94 bits per heavy atom. The number of carbonyl (C=O) groups excluding carboxylic acids is 1. The largest absolute Gasteiger partial charge is 0.478 e. The van der Waals surface area contributed by atoms with Crippen molar-refractivity contribution in [2.45, 2.75) is 20.4 Å². The zero-order valence-corrected chi connectivity index (χ0v) is 19.1. The maximum absolute atomic E-state index is 12.7. The first-order valence-electron chi connectivity index (χ1n) is 10.3. The van der Waals surface area contributed by atoms with Gasteiger partial charge in [0.2, 0.25) is 6.79 Å². The van der Waals surface area contributed by atoms with Crippen molar-refractivity contribution >= 4 is 29.6 Å². The molecule has 172 valence electrons. The summed E-state index contributed by atoms with van der Waals surface area (Å²) in [6.07, 6.45) is 1.52. The molecular formula is C25H20ClN3O5. The minimum atomic E-state index is -1.12. The Hall–Kier alpha value is -4.22. The van der Waals surface area contributed by atoms with Gasteiger partial charge >= 0.3 is 5.97 Å². The lowest BCUT2D eigenvalue weighted by atomic mass is 10.1. The molecule has 0 radical (unpaired) electrons. The molecule has 1 amide bonds. The second-order valence-electron chi connectivity index (χ2n) is 7.67. The molecule has 2 N–H and O–H groups in total. The van der Waals surface area contributed by atoms with Crippen LogP contribution in [0.2, 0.25) is 5.02 Å². The molecule has 4 rings (SSSR count). The van der Waals surface area contributed by atoms with Crippen LogP contribution in [0, 0.1) is 25.2 Å². The van der Waals surface area contributed by atoms with Crippen molar-refractivity contribution in [3.63, 3.8) is 0 Å². The quantitative estimate of drug-likeness (QED) is 0.402. The molecule has 0 spiro atoms. The normalized spacial score (nSPS) is 12.4. The van der Waals surface area contributed by atoms with Crippen LogP contribution < -0.4 is 14.8 Å². The van der Waals surface area contributed by atoms with Crippen molar-refractivity contribution in [1.29, 1.82) is 5.26 Å². The summed E-state index contributed by atoms with van der Waals surface area (Å²) >= 11 is 5.99. The molecule has 0 atom stereocenters. The van der Waals surface area contributed by atoms with E-state index in [-0.39, 0.29) is 29.5 Å². The summed E-state index contributed by atoms with van der Waals surface area (Å²) in [4.78, 5) is 24.1. The number of carboxylic acids is 1. The van der Waals surface area contributed by atoms with Gasteiger partial charge < -0.3 is 24.5 Å². The van der Waals surface area contributed by atoms with Crippen LogP contribution in [0.15, 0.2) is 48.0 Å². The second kappa shape index (κ2) is 9.33. The average Bonchev–Trinajstić information content (AvgIpc) is 3.39. The number of fused-ring (bicyclic) bond motifs is 1. The van der Waals surface area contributed by atoms with E-state index in [1.165, 1.54) is 18.2 Å². The van der Waals surface area contributed by atoms with Gasteiger partial charge in [-0.15, -0.1) is 0 Å². The summed E-state index contributed by atoms with van der Waals surface area (Å²) in [5, 5.41) is 21.9. The molecule has 9 heteroatoms. The van der Waals surface area contributed by atoms with Gasteiger partial charge in [0.25, 0.3) is 5.91 Å². The fourth-order valence-corrected chi connectivity index (χ4v) is 3.98. The molecule has 0 saturated carbocycles. The zero-order chi connectivity index (χ0) is 24.4. The Kier molecular flexibility index (Phi) is 6.30. The number of ether oxygens (including phenoxy) is 2. The van der Waals surface area contributed by atoms with E-state index in [1.807, 2.05) is 36.6 Å². The van der Waals surface area contributed by atoms with Gasteiger partial charge in [-0.25, -0.2) is 4.79 Å². The van der Waals surface area contributed by atoms with Crippen molar-refractivity contribution in [2.75, 3.05) is 6.79 Å². The predicted octanol–water partition coefficient (Wildman–Crippen LogP) is 4.40. The van der Waals surface area contributed by atoms with Gasteiger partial charge in [0.1, 0.15) is 11.6 Å². The predicted molar refractivity (Wildman–Crippen MR) is 125 cm³/mol. The number of aryl methyl sites for hydroxylation is 1. The van der Waals surface area contributed by atoms with Crippen LogP contribution in [0.1, 0.15) is 32.9 Å². The fraction of sp³-hybridized carbons (Fsp3) is 0.160. The number of hydrogen-bond acceptors (Lipinski definition) is 5. The molecule has 1 aliphatic heterocycles. The number of nitrogens with one attached hydrogen (secondary N) is 1. The number of nitrogens with zero attached hydrogens (tertiary/aromatic N) is 2. The summed E-state index contributed by atoms with van der Waals surface area (Å²) < 4.78 is 12.5. The first kappa shape index (κ1) is 23.0. The molecule has 0 bridgehead atoms. The van der Waals surface area contributed by atoms with E-state index in [0.29, 0.717) is 22.7 Å². The van der Waals surface area contributed by atoms with Crippen molar-refractivity contribution < 1.29 is 24.2 Å². The Morgan fingerprint density at radius 3 is 2.68 bits per heavy atom. The van der Waals surface area contributed by atoms with Crippen molar-refractivity contribution in [2.24, 2.45) is 0 Å². The fourth-order valence-electron chi connectivity index (χ4n) is 3.78. The van der Waals surface area contributed by atoms with Crippen LogP contribution in [0.3, 0.4) is 0 Å². The molecule has 0 unspecified atom stereocenters. The van der Waals surface area contributed by atoms with Gasteiger partial charge in [-0.3, -0.25) is 4.79 Å². The number of amides is 1. The maximum Gasteiger partial charge on any atom is 0.337 e. The minimum Gasteiger partial charge on any atom is -0.478 e. The Labute approximate surface area is 200 Å². The molecule has 1 aromatic heterocycles. The lowest BCUT2D eigenvalue weighted by Crippen LogP contribution is -2.23. The number of aromatic carboxylic acids is 1. The highest BCUT2D eigenvalue weighted by molar-refractivity contribution is 6.33. The SMILES string of the molecule is Cc1cc(/C=C(\C#N)C(=O)NCc2ccc3c(c2)OCO3)c(C)n1-c1ccc(Cl)c(C(=O)O)c1. The molecule has 3 aromatic rings. The monoisotopic (exact) mass is 477 g/mol. The first-order valence-corrected chi connectivity index (χ1v) is 10.7. The Bertz CT molecular complexity index is 1380. The summed E-state index contributed by atoms with van der Waals surface area (Å²) in [5.41, 5.74) is 3.58. The molecule has 1 aliphatic rings. The minimum absolute atomic E-state index is 0.00984. The van der Waals surface area contributed by atoms with E-state index in [4.69, 9.17) is 21.1 Å². The zero-order valence-electron chi connectivity index (χ0n) is 18.4. The summed E-state index contributed by atoms with van der Waals surface area (Å²) in [5.74, 6) is -0.368. The number of carboxylic acid groups (broad SMARTS) is 1. The van der Waals surface area contributed by atoms with Crippen LogP contribution >= 0.6 is 11.6 Å². The summed E-state index contributed by atoms with van der Waals surface area (Å²) in [7, 11) is 0. The highest BCUT2D eigenvalue weighted by Gasteiger charge is 2.17. The maximum atomic E-state index is 12.7. The molecule has 0 aliphatic carbocycles. The third-order valence-electron chi connectivity index (χ3n) is 5.46. The number of halogens is 1. The van der Waals surface area contributed by atoms with Gasteiger partial charge in [-0.1, -0.05) is 17.7 Å². The average molecular weight is 478 g/mol. The highest BCUT2D eigenvalue weighted by atomic mass is 35.5. The van der Waals surface area contributed by atoms with Crippen molar-refractivity contribution in [1.82, 2.24) is 9.88 Å². The van der Waals surface area contributed by atoms with Gasteiger partial charge in [-0.2, -0.15) is 5.26 Å². The topological polar surface area (TPSA) is 114 Å². The first-order chi connectivity index (χ1) is 16.3. The highest BCUT2D eigenvalue weighted by Crippen LogP contribution is 2.32. The van der Waals surface area contributed by atoms with E-state index in [2.05, 4.69) is 5.32 Å². The molecule has 2 aromatic carbocycles. The van der Waals surface area contributed by atoms with E-state index >= 15 is 0 Å². The number of nitriles is 1. The van der Waals surface area contributed by atoms with Crippen LogP contribution in [0.5, 0.6) is 11.5 Å². The van der Waals surface area contributed by atoms with E-state index < -0.39 is 11.9 Å². The van der Waals surface area contributed by atoms with Gasteiger partial charge in [0.15, 0.2) is 11.5 Å². The molecule has 8 nitrogen and oxygen atoms in total. The number of hydrogen-bond donors (Lipinski definition) is 2. The van der Waals surface area contributed by atoms with Gasteiger partial charge in [0, 0.05) is 23.6 Å². The number of benzene rings is 2. The van der Waals surface area contributed by atoms with Crippen LogP contribution in [-0.2, 0) is 11.3 Å². The van der Waals surface area contributed by atoms with Crippen LogP contribution in [-0.4, -0.2) is 28.3 Å². The Balaban J connectivity index is 1.57. The number of aromatic nitrogens is 1. The van der Waals surface area contributed by atoms with Crippen LogP contribution in [0.25, 0.3) is 11.8 Å². The standard InChI is InChI=1S/C25H20ClN3O5/c1-14-7-17(15(2)29(14)19-4-5-21(26)20(10-19)25(31)32)9-18(11-27)24(30)28-12-16-3-6-22-23(8-16)34-13-33-22/h3-10H,12-13H2,1-2H3,(H,28,30)(H,31,32)/b18-9+. The van der Waals surface area contributed by atoms with E-state index in [1.54, 1.807) is 18.2 Å². The van der Waals surface area contributed by atoms with Crippen LogP contribution in [0.4, 0.5) is 0 Å². The summed E-state index contributed by atoms with van der Waals surface area (Å²) in [6, 6.07) is 13.9. The lowest BCUT2D eigenvalue weighted by molar-refractivity contribution is -0.117. The summed E-state index contributed by atoms with van der Waals surface area (Å²) in [6.45, 7) is 4.06. The van der Waals surface area contributed by atoms with Gasteiger partial charge in [0.05, 0.1) is 10.6 Å². The molecule has 0 saturated heterocycles. The van der Waals surface area contributed by atoms with E-state index in [0.717, 1.165) is 17.0 Å². The second-order valence-corrected chi connectivity index (χ2v) is 8.08. The molecule has 34 heavy (non-hydrogen) atoms. The number of carbonyl (C=O) groups is 2. The Morgan fingerprint density at radius 1 is 1.18 bits per heavy atom. The van der Waals surface area contributed by atoms with Crippen molar-refractivity contribution in [3.05, 3.63) is 81.1 Å². The smallest absolute Gasteiger partial charge is 0.337 e.